The molecule has 11 heavy (non-hydrogen) atoms. The molecular formula is C8H7ClOS. The van der Waals surface area contributed by atoms with Gasteiger partial charge in [0.1, 0.15) is 5.44 Å². The molecule has 0 radical (unpaired) electrons. The fourth-order valence-electron chi connectivity index (χ4n) is 1.00. The van der Waals surface area contributed by atoms with Crippen LogP contribution in [-0.4, -0.2) is 10.5 Å². The van der Waals surface area contributed by atoms with Crippen molar-refractivity contribution in [2.75, 3.05) is 0 Å². The van der Waals surface area contributed by atoms with Crippen molar-refractivity contribution >= 4 is 23.4 Å². The lowest BCUT2D eigenvalue weighted by Gasteiger charge is -1.94. The summed E-state index contributed by atoms with van der Waals surface area (Å²) >= 11 is 7.27. The number of aliphatic hydroxyl groups is 1. The molecule has 58 valence electrons. The van der Waals surface area contributed by atoms with E-state index in [2.05, 4.69) is 0 Å². The SMILES string of the molecule is OC1SC1c1ccc(Cl)cc1. The lowest BCUT2D eigenvalue weighted by molar-refractivity contribution is 0.293. The van der Waals surface area contributed by atoms with E-state index in [-0.39, 0.29) is 10.7 Å². The average Bonchev–Trinajstić information content (AvgIpc) is 2.69. The van der Waals surface area contributed by atoms with Gasteiger partial charge in [0.15, 0.2) is 0 Å². The molecule has 1 N–H and O–H groups in total. The van der Waals surface area contributed by atoms with E-state index in [4.69, 9.17) is 16.7 Å². The zero-order chi connectivity index (χ0) is 7.84. The Morgan fingerprint density at radius 2 is 1.82 bits per heavy atom. The number of hydrogen-bond acceptors (Lipinski definition) is 2. The summed E-state index contributed by atoms with van der Waals surface area (Å²) in [5, 5.41) is 10.1. The summed E-state index contributed by atoms with van der Waals surface area (Å²) in [4.78, 5) is 0. The first-order valence-electron chi connectivity index (χ1n) is 3.36. The highest BCUT2D eigenvalue weighted by Gasteiger charge is 2.37. The summed E-state index contributed by atoms with van der Waals surface area (Å²) in [6.07, 6.45) is 0. The monoisotopic (exact) mass is 186 g/mol. The Morgan fingerprint density at radius 3 is 2.27 bits per heavy atom. The normalized spacial score (nSPS) is 28.5. The Bertz CT molecular complexity index is 259. The minimum absolute atomic E-state index is 0.198. The molecule has 2 unspecified atom stereocenters. The average molecular weight is 187 g/mol. The van der Waals surface area contributed by atoms with Crippen molar-refractivity contribution in [3.05, 3.63) is 34.9 Å². The molecule has 3 heteroatoms. The Hall–Kier alpha value is -0.180. The second kappa shape index (κ2) is 2.70. The van der Waals surface area contributed by atoms with Crippen molar-refractivity contribution in [2.45, 2.75) is 10.7 Å². The summed E-state index contributed by atoms with van der Waals surface area (Å²) in [6, 6.07) is 7.61. The van der Waals surface area contributed by atoms with Gasteiger partial charge in [0, 0.05) is 5.02 Å². The molecule has 0 saturated carbocycles. The molecule has 0 aromatic heterocycles. The van der Waals surface area contributed by atoms with Gasteiger partial charge in [-0.3, -0.25) is 0 Å². The van der Waals surface area contributed by atoms with Crippen LogP contribution in [0.2, 0.25) is 5.02 Å². The van der Waals surface area contributed by atoms with Crippen LogP contribution >= 0.6 is 23.4 Å². The van der Waals surface area contributed by atoms with Crippen LogP contribution in [0.15, 0.2) is 24.3 Å². The zero-order valence-corrected chi connectivity index (χ0v) is 7.27. The molecule has 1 saturated heterocycles. The van der Waals surface area contributed by atoms with E-state index < -0.39 is 0 Å². The quantitative estimate of drug-likeness (QED) is 0.680. The fraction of sp³-hybridized carbons (Fsp3) is 0.250. The molecule has 1 nitrogen and oxygen atoms in total. The highest BCUT2D eigenvalue weighted by Crippen LogP contribution is 2.52. The molecule has 2 atom stereocenters. The molecule has 0 bridgehead atoms. The van der Waals surface area contributed by atoms with Crippen molar-refractivity contribution in [1.82, 2.24) is 0 Å². The first-order chi connectivity index (χ1) is 5.27. The third kappa shape index (κ3) is 1.53. The van der Waals surface area contributed by atoms with Crippen LogP contribution in [0.1, 0.15) is 10.8 Å². The highest BCUT2D eigenvalue weighted by molar-refractivity contribution is 8.07. The smallest absolute Gasteiger partial charge is 0.116 e. The summed E-state index contributed by atoms with van der Waals surface area (Å²) < 4.78 is 0. The number of rotatable bonds is 1. The molecule has 0 spiro atoms. The second-order valence-electron chi connectivity index (χ2n) is 2.50. The molecule has 1 aliphatic rings. The lowest BCUT2D eigenvalue weighted by Crippen LogP contribution is -1.84. The second-order valence-corrected chi connectivity index (χ2v) is 4.20. The topological polar surface area (TPSA) is 20.2 Å². The number of benzene rings is 1. The molecule has 0 aliphatic carbocycles. The Kier molecular flexibility index (Phi) is 1.83. The Labute approximate surface area is 74.4 Å². The lowest BCUT2D eigenvalue weighted by atomic mass is 10.2. The summed E-state index contributed by atoms with van der Waals surface area (Å²) in [7, 11) is 0. The molecular weight excluding hydrogens is 180 g/mol. The van der Waals surface area contributed by atoms with Gasteiger partial charge in [-0.15, -0.1) is 11.8 Å². The first-order valence-corrected chi connectivity index (χ1v) is 4.68. The van der Waals surface area contributed by atoms with Gasteiger partial charge in [0.2, 0.25) is 0 Å². The van der Waals surface area contributed by atoms with E-state index in [1.54, 1.807) is 11.8 Å². The fourth-order valence-corrected chi connectivity index (χ4v) is 1.81. The largest absolute Gasteiger partial charge is 0.381 e. The van der Waals surface area contributed by atoms with Crippen molar-refractivity contribution in [2.24, 2.45) is 0 Å². The van der Waals surface area contributed by atoms with Crippen molar-refractivity contribution in [3.8, 4) is 0 Å². The van der Waals surface area contributed by atoms with Crippen LogP contribution in [0.25, 0.3) is 0 Å². The maximum absolute atomic E-state index is 9.08. The van der Waals surface area contributed by atoms with E-state index in [1.807, 2.05) is 24.3 Å². The third-order valence-electron chi connectivity index (χ3n) is 1.67. The molecule has 1 aliphatic heterocycles. The van der Waals surface area contributed by atoms with E-state index in [0.717, 1.165) is 10.6 Å². The maximum Gasteiger partial charge on any atom is 0.116 e. The number of halogens is 1. The molecule has 1 aromatic carbocycles. The van der Waals surface area contributed by atoms with Crippen molar-refractivity contribution < 1.29 is 5.11 Å². The zero-order valence-electron chi connectivity index (χ0n) is 5.70. The molecule has 1 heterocycles. The molecule has 2 rings (SSSR count). The standard InChI is InChI=1S/C8H7ClOS/c9-6-3-1-5(2-4-6)7-8(10)11-7/h1-4,7-8,10H. The minimum atomic E-state index is -0.198. The van der Waals surface area contributed by atoms with E-state index in [9.17, 15) is 0 Å². The van der Waals surface area contributed by atoms with Crippen LogP contribution in [0.3, 0.4) is 0 Å². The van der Waals surface area contributed by atoms with Crippen LogP contribution in [0, 0.1) is 0 Å². The predicted octanol–water partition coefficient (Wildman–Crippen LogP) is 2.45. The third-order valence-corrected chi connectivity index (χ3v) is 2.98. The van der Waals surface area contributed by atoms with Crippen LogP contribution < -0.4 is 0 Å². The number of thioether (sulfide) groups is 1. The maximum atomic E-state index is 9.08. The summed E-state index contributed by atoms with van der Waals surface area (Å²) in [5.74, 6) is 0. The van der Waals surface area contributed by atoms with Crippen molar-refractivity contribution in [3.63, 3.8) is 0 Å². The Balaban J connectivity index is 2.21. The van der Waals surface area contributed by atoms with Gasteiger partial charge < -0.3 is 5.11 Å². The van der Waals surface area contributed by atoms with Crippen LogP contribution in [-0.2, 0) is 0 Å². The van der Waals surface area contributed by atoms with Gasteiger partial charge >= 0.3 is 0 Å². The Morgan fingerprint density at radius 1 is 1.27 bits per heavy atom. The van der Waals surface area contributed by atoms with Gasteiger partial charge in [-0.1, -0.05) is 23.7 Å². The highest BCUT2D eigenvalue weighted by atomic mass is 35.5. The first kappa shape index (κ1) is 7.47. The van der Waals surface area contributed by atoms with Crippen molar-refractivity contribution in [1.29, 1.82) is 0 Å². The van der Waals surface area contributed by atoms with Gasteiger partial charge in [-0.2, -0.15) is 0 Å². The van der Waals surface area contributed by atoms with E-state index in [1.165, 1.54) is 0 Å². The summed E-state index contributed by atoms with van der Waals surface area (Å²) in [6.45, 7) is 0. The molecule has 0 amide bonds. The number of aliphatic hydroxyl groups excluding tert-OH is 1. The van der Waals surface area contributed by atoms with Gasteiger partial charge in [0.05, 0.1) is 5.25 Å². The van der Waals surface area contributed by atoms with Crippen LogP contribution in [0.4, 0.5) is 0 Å². The van der Waals surface area contributed by atoms with E-state index in [0.29, 0.717) is 0 Å². The van der Waals surface area contributed by atoms with Gasteiger partial charge in [-0.05, 0) is 17.7 Å². The molecule has 1 fully saturated rings. The van der Waals surface area contributed by atoms with Gasteiger partial charge in [-0.25, -0.2) is 0 Å². The minimum Gasteiger partial charge on any atom is -0.381 e. The van der Waals surface area contributed by atoms with E-state index >= 15 is 0 Å². The van der Waals surface area contributed by atoms with Gasteiger partial charge in [0.25, 0.3) is 0 Å². The summed E-state index contributed by atoms with van der Waals surface area (Å²) in [5.41, 5.74) is 0.961. The number of hydrogen-bond donors (Lipinski definition) is 1. The van der Waals surface area contributed by atoms with Crippen LogP contribution in [0.5, 0.6) is 0 Å². The molecule has 1 aromatic rings. The predicted molar refractivity (Wildman–Crippen MR) is 47.8 cm³/mol.